The Bertz CT molecular complexity index is 385. The van der Waals surface area contributed by atoms with Crippen molar-refractivity contribution in [2.24, 2.45) is 0 Å². The van der Waals surface area contributed by atoms with Gasteiger partial charge in [-0.3, -0.25) is 4.68 Å². The lowest BCUT2D eigenvalue weighted by atomic mass is 9.97. The second-order valence-corrected chi connectivity index (χ2v) is 5.57. The van der Waals surface area contributed by atoms with E-state index in [1.165, 1.54) is 11.4 Å². The standard InChI is InChI=1S/C15H29N3O/c1-7-12-11-14(18(8-2)17-12)13(16-5)9-10-15(3,4)19-6/h11,13,16H,7-10H2,1-6H3. The van der Waals surface area contributed by atoms with Gasteiger partial charge in [0, 0.05) is 19.7 Å². The van der Waals surface area contributed by atoms with Crippen molar-refractivity contribution in [3.05, 3.63) is 17.5 Å². The Morgan fingerprint density at radius 1 is 1.42 bits per heavy atom. The zero-order valence-corrected chi connectivity index (χ0v) is 13.3. The topological polar surface area (TPSA) is 39.1 Å². The number of hydrogen-bond acceptors (Lipinski definition) is 3. The minimum atomic E-state index is -0.0697. The van der Waals surface area contributed by atoms with Crippen LogP contribution < -0.4 is 5.32 Å². The van der Waals surface area contributed by atoms with E-state index in [1.807, 2.05) is 7.05 Å². The van der Waals surface area contributed by atoms with Crippen LogP contribution >= 0.6 is 0 Å². The smallest absolute Gasteiger partial charge is 0.0625 e. The van der Waals surface area contributed by atoms with Crippen LogP contribution in [0.2, 0.25) is 0 Å². The molecular formula is C15H29N3O. The minimum absolute atomic E-state index is 0.0697. The zero-order valence-electron chi connectivity index (χ0n) is 13.3. The molecule has 0 saturated carbocycles. The monoisotopic (exact) mass is 267 g/mol. The molecule has 0 spiro atoms. The first-order valence-electron chi connectivity index (χ1n) is 7.26. The van der Waals surface area contributed by atoms with Gasteiger partial charge in [-0.05, 0) is 53.1 Å². The molecule has 0 saturated heterocycles. The SMILES string of the molecule is CCc1cc(C(CCC(C)(C)OC)NC)n(CC)n1. The van der Waals surface area contributed by atoms with Gasteiger partial charge >= 0.3 is 0 Å². The molecule has 1 N–H and O–H groups in total. The molecular weight excluding hydrogens is 238 g/mol. The maximum Gasteiger partial charge on any atom is 0.0625 e. The van der Waals surface area contributed by atoms with Crippen molar-refractivity contribution in [2.45, 2.75) is 65.1 Å². The summed E-state index contributed by atoms with van der Waals surface area (Å²) in [5.41, 5.74) is 2.39. The average Bonchev–Trinajstić information content (AvgIpc) is 2.83. The highest BCUT2D eigenvalue weighted by atomic mass is 16.5. The normalized spacial score (nSPS) is 13.8. The lowest BCUT2D eigenvalue weighted by Gasteiger charge is -2.26. The highest BCUT2D eigenvalue weighted by molar-refractivity contribution is 5.14. The van der Waals surface area contributed by atoms with E-state index in [9.17, 15) is 0 Å². The first-order valence-corrected chi connectivity index (χ1v) is 7.26. The summed E-state index contributed by atoms with van der Waals surface area (Å²) in [6.07, 6.45) is 3.05. The Balaban J connectivity index is 2.82. The molecule has 0 aliphatic rings. The van der Waals surface area contributed by atoms with Gasteiger partial charge in [-0.25, -0.2) is 0 Å². The number of nitrogens with zero attached hydrogens (tertiary/aromatic N) is 2. The summed E-state index contributed by atoms with van der Waals surface area (Å²) in [7, 11) is 3.79. The number of nitrogens with one attached hydrogen (secondary N) is 1. The van der Waals surface area contributed by atoms with E-state index < -0.39 is 0 Å². The fourth-order valence-corrected chi connectivity index (χ4v) is 2.23. The summed E-state index contributed by atoms with van der Waals surface area (Å²) in [5, 5.41) is 8.04. The van der Waals surface area contributed by atoms with Crippen LogP contribution in [0.3, 0.4) is 0 Å². The van der Waals surface area contributed by atoms with Crippen molar-refractivity contribution in [3.63, 3.8) is 0 Å². The molecule has 19 heavy (non-hydrogen) atoms. The van der Waals surface area contributed by atoms with E-state index >= 15 is 0 Å². The first-order chi connectivity index (χ1) is 8.97. The summed E-state index contributed by atoms with van der Waals surface area (Å²) in [6.45, 7) is 9.47. The van der Waals surface area contributed by atoms with E-state index in [4.69, 9.17) is 4.74 Å². The number of aryl methyl sites for hydroxylation is 2. The van der Waals surface area contributed by atoms with E-state index in [2.05, 4.69) is 48.9 Å². The highest BCUT2D eigenvalue weighted by Crippen LogP contribution is 2.25. The van der Waals surface area contributed by atoms with Crippen LogP contribution in [0.15, 0.2) is 6.07 Å². The molecule has 0 bridgehead atoms. The van der Waals surface area contributed by atoms with Crippen LogP contribution in [0, 0.1) is 0 Å². The van der Waals surface area contributed by atoms with Crippen LogP contribution in [0.5, 0.6) is 0 Å². The van der Waals surface area contributed by atoms with Crippen LogP contribution in [0.25, 0.3) is 0 Å². The van der Waals surface area contributed by atoms with Gasteiger partial charge in [0.15, 0.2) is 0 Å². The zero-order chi connectivity index (χ0) is 14.5. The summed E-state index contributed by atoms with van der Waals surface area (Å²) in [6, 6.07) is 2.56. The molecule has 1 atom stereocenters. The first kappa shape index (κ1) is 16.2. The maximum absolute atomic E-state index is 5.50. The molecule has 4 heteroatoms. The third-order valence-corrected chi connectivity index (χ3v) is 3.82. The molecule has 110 valence electrons. The Hall–Kier alpha value is -0.870. The van der Waals surface area contributed by atoms with Gasteiger partial charge in [0.25, 0.3) is 0 Å². The van der Waals surface area contributed by atoms with Gasteiger partial charge in [-0.1, -0.05) is 6.92 Å². The summed E-state index contributed by atoms with van der Waals surface area (Å²) in [4.78, 5) is 0. The van der Waals surface area contributed by atoms with Crippen molar-refractivity contribution in [3.8, 4) is 0 Å². The molecule has 1 aromatic heterocycles. The molecule has 1 rings (SSSR count). The molecule has 0 fully saturated rings. The molecule has 0 aliphatic carbocycles. The van der Waals surface area contributed by atoms with Gasteiger partial charge in [0.05, 0.1) is 17.0 Å². The van der Waals surface area contributed by atoms with Crippen LogP contribution in [-0.4, -0.2) is 29.5 Å². The molecule has 4 nitrogen and oxygen atoms in total. The number of methoxy groups -OCH3 is 1. The highest BCUT2D eigenvalue weighted by Gasteiger charge is 2.21. The van der Waals surface area contributed by atoms with Gasteiger partial charge in [-0.2, -0.15) is 5.10 Å². The number of ether oxygens (including phenoxy) is 1. The van der Waals surface area contributed by atoms with Crippen molar-refractivity contribution < 1.29 is 4.74 Å². The largest absolute Gasteiger partial charge is 0.379 e. The second-order valence-electron chi connectivity index (χ2n) is 5.57. The Labute approximate surface area is 117 Å². The van der Waals surface area contributed by atoms with Gasteiger partial charge < -0.3 is 10.1 Å². The quantitative estimate of drug-likeness (QED) is 0.787. The van der Waals surface area contributed by atoms with Crippen molar-refractivity contribution in [2.75, 3.05) is 14.2 Å². The Morgan fingerprint density at radius 3 is 2.58 bits per heavy atom. The van der Waals surface area contributed by atoms with Crippen LogP contribution in [-0.2, 0) is 17.7 Å². The lowest BCUT2D eigenvalue weighted by Crippen LogP contribution is -2.27. The van der Waals surface area contributed by atoms with Crippen LogP contribution in [0.4, 0.5) is 0 Å². The third kappa shape index (κ3) is 4.32. The van der Waals surface area contributed by atoms with Gasteiger partial charge in [0.1, 0.15) is 0 Å². The summed E-state index contributed by atoms with van der Waals surface area (Å²) < 4.78 is 7.61. The van der Waals surface area contributed by atoms with Gasteiger partial charge in [0.2, 0.25) is 0 Å². The Kier molecular flexibility index (Phi) is 6.01. The third-order valence-electron chi connectivity index (χ3n) is 3.82. The van der Waals surface area contributed by atoms with Gasteiger partial charge in [-0.15, -0.1) is 0 Å². The fraction of sp³-hybridized carbons (Fsp3) is 0.800. The average molecular weight is 267 g/mol. The Morgan fingerprint density at radius 2 is 2.11 bits per heavy atom. The predicted octanol–water partition coefficient (Wildman–Crippen LogP) is 2.93. The molecule has 1 aromatic rings. The van der Waals surface area contributed by atoms with Crippen LogP contribution in [0.1, 0.15) is 58.0 Å². The van der Waals surface area contributed by atoms with E-state index in [-0.39, 0.29) is 5.60 Å². The molecule has 0 radical (unpaired) electrons. The molecule has 1 heterocycles. The number of rotatable bonds is 8. The lowest BCUT2D eigenvalue weighted by molar-refractivity contribution is 0.0116. The summed E-state index contributed by atoms with van der Waals surface area (Å²) in [5.74, 6) is 0. The van der Waals surface area contributed by atoms with Crippen molar-refractivity contribution in [1.29, 1.82) is 0 Å². The van der Waals surface area contributed by atoms with Crippen molar-refractivity contribution >= 4 is 0 Å². The maximum atomic E-state index is 5.50. The van der Waals surface area contributed by atoms with E-state index in [0.717, 1.165) is 25.8 Å². The second kappa shape index (κ2) is 7.06. The number of aromatic nitrogens is 2. The van der Waals surface area contributed by atoms with E-state index in [1.54, 1.807) is 7.11 Å². The molecule has 0 aliphatic heterocycles. The molecule has 0 amide bonds. The summed E-state index contributed by atoms with van der Waals surface area (Å²) >= 11 is 0. The minimum Gasteiger partial charge on any atom is -0.379 e. The van der Waals surface area contributed by atoms with E-state index in [0.29, 0.717) is 6.04 Å². The predicted molar refractivity (Wildman–Crippen MR) is 79.4 cm³/mol. The fourth-order valence-electron chi connectivity index (χ4n) is 2.23. The molecule has 0 aromatic carbocycles. The molecule has 1 unspecified atom stereocenters. The number of hydrogen-bond donors (Lipinski definition) is 1. The van der Waals surface area contributed by atoms with Crippen molar-refractivity contribution in [1.82, 2.24) is 15.1 Å².